The van der Waals surface area contributed by atoms with Crippen LogP contribution >= 0.6 is 0 Å². The zero-order valence-electron chi connectivity index (χ0n) is 10.6. The van der Waals surface area contributed by atoms with Crippen LogP contribution in [0.1, 0.15) is 37.2 Å². The van der Waals surface area contributed by atoms with Gasteiger partial charge in [0, 0.05) is 36.9 Å². The highest BCUT2D eigenvalue weighted by Gasteiger charge is 2.33. The molecular formula is C14H21N3O. The number of nitrogens with zero attached hydrogens (tertiary/aromatic N) is 1. The van der Waals surface area contributed by atoms with Crippen LogP contribution in [0.4, 0.5) is 0 Å². The Kier molecular flexibility index (Phi) is 3.22. The summed E-state index contributed by atoms with van der Waals surface area (Å²) >= 11 is 0. The predicted molar refractivity (Wildman–Crippen MR) is 71.6 cm³/mol. The third kappa shape index (κ3) is 2.22. The minimum absolute atomic E-state index is 0.0897. The number of nitrogens with two attached hydrogens (primary N) is 1. The summed E-state index contributed by atoms with van der Waals surface area (Å²) in [6, 6.07) is 4.99. The number of hydrogen-bond donors (Lipinski definition) is 2. The molecule has 1 saturated carbocycles. The molecule has 1 aliphatic heterocycles. The van der Waals surface area contributed by atoms with Gasteiger partial charge in [0.05, 0.1) is 0 Å². The highest BCUT2D eigenvalue weighted by molar-refractivity contribution is 5.16. The van der Waals surface area contributed by atoms with Gasteiger partial charge in [0.1, 0.15) is 0 Å². The van der Waals surface area contributed by atoms with Crippen molar-refractivity contribution in [3.8, 4) is 0 Å². The van der Waals surface area contributed by atoms with Crippen LogP contribution in [0.2, 0.25) is 0 Å². The molecule has 18 heavy (non-hydrogen) atoms. The summed E-state index contributed by atoms with van der Waals surface area (Å²) in [5.74, 6) is 0.446. The van der Waals surface area contributed by atoms with Crippen LogP contribution < -0.4 is 11.3 Å². The molecule has 1 aromatic heterocycles. The van der Waals surface area contributed by atoms with Crippen molar-refractivity contribution >= 4 is 0 Å². The molecule has 0 aromatic carbocycles. The van der Waals surface area contributed by atoms with Gasteiger partial charge in [0.25, 0.3) is 5.56 Å². The molecule has 2 heterocycles. The normalized spacial score (nSPS) is 30.1. The Hall–Kier alpha value is -1.13. The molecule has 1 aromatic rings. The van der Waals surface area contributed by atoms with Crippen LogP contribution in [0.5, 0.6) is 0 Å². The average molecular weight is 247 g/mol. The summed E-state index contributed by atoms with van der Waals surface area (Å²) in [6.07, 6.45) is 6.36. The Bertz CT molecular complexity index is 456. The standard InChI is InChI=1S/C14H21N3O/c15-11-8-17(9-11)12-5-3-10(4-6-12)13-2-1-7-16-14(13)18/h1-2,7,10-12H,3-6,8-9,15H2,(H,16,18). The van der Waals surface area contributed by atoms with Gasteiger partial charge in [0.15, 0.2) is 0 Å². The minimum atomic E-state index is 0.0897. The van der Waals surface area contributed by atoms with Gasteiger partial charge in [0.2, 0.25) is 0 Å². The number of hydrogen-bond acceptors (Lipinski definition) is 3. The Morgan fingerprint density at radius 2 is 1.94 bits per heavy atom. The van der Waals surface area contributed by atoms with Gasteiger partial charge in [-0.05, 0) is 37.7 Å². The Balaban J connectivity index is 1.60. The first-order valence-electron chi connectivity index (χ1n) is 6.91. The van der Waals surface area contributed by atoms with Crippen molar-refractivity contribution in [1.82, 2.24) is 9.88 Å². The van der Waals surface area contributed by atoms with E-state index in [1.54, 1.807) is 6.20 Å². The average Bonchev–Trinajstić information content (AvgIpc) is 2.36. The predicted octanol–water partition coefficient (Wildman–Crippen LogP) is 1.04. The Morgan fingerprint density at radius 1 is 1.22 bits per heavy atom. The fourth-order valence-corrected chi connectivity index (χ4v) is 3.36. The van der Waals surface area contributed by atoms with E-state index >= 15 is 0 Å². The molecule has 2 aliphatic rings. The van der Waals surface area contributed by atoms with E-state index < -0.39 is 0 Å². The summed E-state index contributed by atoms with van der Waals surface area (Å²) in [7, 11) is 0. The van der Waals surface area contributed by atoms with Crippen molar-refractivity contribution in [2.75, 3.05) is 13.1 Å². The molecule has 0 bridgehead atoms. The summed E-state index contributed by atoms with van der Waals surface area (Å²) in [4.78, 5) is 17.0. The van der Waals surface area contributed by atoms with Crippen molar-refractivity contribution in [2.45, 2.75) is 43.7 Å². The molecule has 3 N–H and O–H groups in total. The molecular weight excluding hydrogens is 226 g/mol. The Labute approximate surface area is 107 Å². The third-order valence-corrected chi connectivity index (χ3v) is 4.44. The molecule has 0 atom stereocenters. The second-order valence-corrected chi connectivity index (χ2v) is 5.67. The fourth-order valence-electron chi connectivity index (χ4n) is 3.36. The molecule has 4 nitrogen and oxygen atoms in total. The van der Waals surface area contributed by atoms with Gasteiger partial charge in [-0.3, -0.25) is 9.69 Å². The van der Waals surface area contributed by atoms with Crippen LogP contribution in [0.25, 0.3) is 0 Å². The van der Waals surface area contributed by atoms with Crippen LogP contribution in [-0.4, -0.2) is 35.1 Å². The first-order chi connectivity index (χ1) is 8.74. The largest absolute Gasteiger partial charge is 0.329 e. The number of likely N-dealkylation sites (tertiary alicyclic amines) is 1. The van der Waals surface area contributed by atoms with Gasteiger partial charge in [-0.15, -0.1) is 0 Å². The van der Waals surface area contributed by atoms with Gasteiger partial charge >= 0.3 is 0 Å². The molecule has 0 spiro atoms. The number of H-pyrrole nitrogens is 1. The molecule has 4 heteroatoms. The van der Waals surface area contributed by atoms with Crippen molar-refractivity contribution < 1.29 is 0 Å². The third-order valence-electron chi connectivity index (χ3n) is 4.44. The lowest BCUT2D eigenvalue weighted by Gasteiger charge is -2.45. The van der Waals surface area contributed by atoms with E-state index in [0.717, 1.165) is 31.5 Å². The zero-order valence-corrected chi connectivity index (χ0v) is 10.6. The molecule has 0 radical (unpaired) electrons. The van der Waals surface area contributed by atoms with Crippen LogP contribution in [-0.2, 0) is 0 Å². The second-order valence-electron chi connectivity index (χ2n) is 5.67. The van der Waals surface area contributed by atoms with Gasteiger partial charge in [-0.2, -0.15) is 0 Å². The maximum atomic E-state index is 11.8. The maximum absolute atomic E-state index is 11.8. The summed E-state index contributed by atoms with van der Waals surface area (Å²) < 4.78 is 0. The molecule has 3 rings (SSSR count). The molecule has 2 fully saturated rings. The lowest BCUT2D eigenvalue weighted by atomic mass is 9.81. The van der Waals surface area contributed by atoms with Gasteiger partial charge in [-0.25, -0.2) is 0 Å². The topological polar surface area (TPSA) is 62.1 Å². The van der Waals surface area contributed by atoms with E-state index in [9.17, 15) is 4.79 Å². The van der Waals surface area contributed by atoms with E-state index in [1.165, 1.54) is 12.8 Å². The highest BCUT2D eigenvalue weighted by Crippen LogP contribution is 2.34. The molecule has 0 amide bonds. The summed E-state index contributed by atoms with van der Waals surface area (Å²) in [5.41, 5.74) is 6.89. The second kappa shape index (κ2) is 4.86. The van der Waals surface area contributed by atoms with Crippen molar-refractivity contribution in [2.24, 2.45) is 5.73 Å². The minimum Gasteiger partial charge on any atom is -0.329 e. The number of aromatic nitrogens is 1. The molecule has 98 valence electrons. The highest BCUT2D eigenvalue weighted by atomic mass is 16.1. The SMILES string of the molecule is NC1CN(C2CCC(c3ccc[nH]c3=O)CC2)C1. The number of pyridine rings is 1. The van der Waals surface area contributed by atoms with Crippen LogP contribution in [0.15, 0.2) is 23.1 Å². The van der Waals surface area contributed by atoms with Crippen molar-refractivity contribution in [3.63, 3.8) is 0 Å². The first kappa shape index (κ1) is 11.9. The smallest absolute Gasteiger partial charge is 0.251 e. The zero-order chi connectivity index (χ0) is 12.5. The monoisotopic (exact) mass is 247 g/mol. The van der Waals surface area contributed by atoms with E-state index in [0.29, 0.717) is 18.0 Å². The maximum Gasteiger partial charge on any atom is 0.251 e. The fraction of sp³-hybridized carbons (Fsp3) is 0.643. The van der Waals surface area contributed by atoms with Crippen molar-refractivity contribution in [1.29, 1.82) is 0 Å². The van der Waals surface area contributed by atoms with Crippen LogP contribution in [0.3, 0.4) is 0 Å². The molecule has 1 aliphatic carbocycles. The lowest BCUT2D eigenvalue weighted by molar-refractivity contribution is 0.0678. The summed E-state index contributed by atoms with van der Waals surface area (Å²) in [6.45, 7) is 2.11. The number of aromatic amines is 1. The molecule has 1 saturated heterocycles. The number of nitrogens with one attached hydrogen (secondary N) is 1. The van der Waals surface area contributed by atoms with E-state index in [-0.39, 0.29) is 5.56 Å². The Morgan fingerprint density at radius 3 is 2.56 bits per heavy atom. The van der Waals surface area contributed by atoms with Gasteiger partial charge < -0.3 is 10.7 Å². The van der Waals surface area contributed by atoms with E-state index in [2.05, 4.69) is 9.88 Å². The van der Waals surface area contributed by atoms with E-state index in [1.807, 2.05) is 12.1 Å². The van der Waals surface area contributed by atoms with E-state index in [4.69, 9.17) is 5.73 Å². The molecule has 0 unspecified atom stereocenters. The van der Waals surface area contributed by atoms with Gasteiger partial charge in [-0.1, -0.05) is 6.07 Å². The lowest BCUT2D eigenvalue weighted by Crippen LogP contribution is -2.59. The first-order valence-corrected chi connectivity index (χ1v) is 6.91. The summed E-state index contributed by atoms with van der Waals surface area (Å²) in [5, 5.41) is 0. The van der Waals surface area contributed by atoms with Crippen molar-refractivity contribution in [3.05, 3.63) is 34.2 Å². The quantitative estimate of drug-likeness (QED) is 0.821. The number of rotatable bonds is 2. The van der Waals surface area contributed by atoms with Crippen LogP contribution in [0, 0.1) is 0 Å².